The number of nitrogens with one attached hydrogen (secondary N) is 2. The van der Waals surface area contributed by atoms with Gasteiger partial charge in [0, 0.05) is 5.69 Å². The number of carbonyl (C=O) groups excluding carboxylic acids is 1. The van der Waals surface area contributed by atoms with Crippen LogP contribution >= 0.6 is 0 Å². The maximum absolute atomic E-state index is 12.2. The number of anilines is 1. The summed E-state index contributed by atoms with van der Waals surface area (Å²) in [5.74, 6) is -0.411. The average Bonchev–Trinajstić information content (AvgIpc) is 2.54. The zero-order valence-electron chi connectivity index (χ0n) is 13.2. The van der Waals surface area contributed by atoms with Crippen molar-refractivity contribution in [3.05, 3.63) is 59.7 Å². The van der Waals surface area contributed by atoms with Gasteiger partial charge in [0.1, 0.15) is 0 Å². The first-order valence-corrected chi connectivity index (χ1v) is 8.85. The van der Waals surface area contributed by atoms with E-state index in [1.807, 2.05) is 19.1 Å². The number of aryl methyl sites for hydroxylation is 2. The Kier molecular flexibility index (Phi) is 5.52. The first-order chi connectivity index (χ1) is 10.9. The highest BCUT2D eigenvalue weighted by atomic mass is 32.2. The highest BCUT2D eigenvalue weighted by molar-refractivity contribution is 7.89. The molecule has 0 radical (unpaired) electrons. The Labute approximate surface area is 136 Å². The van der Waals surface area contributed by atoms with Crippen molar-refractivity contribution in [1.29, 1.82) is 0 Å². The van der Waals surface area contributed by atoms with E-state index >= 15 is 0 Å². The molecule has 0 saturated heterocycles. The molecule has 0 aromatic heterocycles. The number of sulfonamides is 1. The van der Waals surface area contributed by atoms with Gasteiger partial charge >= 0.3 is 0 Å². The summed E-state index contributed by atoms with van der Waals surface area (Å²) in [5, 5.41) is 2.67. The smallest absolute Gasteiger partial charge is 0.241 e. The first kappa shape index (κ1) is 17.2. The topological polar surface area (TPSA) is 75.3 Å². The third-order valence-electron chi connectivity index (χ3n) is 3.45. The van der Waals surface area contributed by atoms with Crippen LogP contribution in [0, 0.1) is 6.92 Å². The molecule has 0 heterocycles. The molecule has 0 fully saturated rings. The Morgan fingerprint density at radius 3 is 2.30 bits per heavy atom. The minimum Gasteiger partial charge on any atom is -0.325 e. The van der Waals surface area contributed by atoms with E-state index in [2.05, 4.69) is 10.0 Å². The van der Waals surface area contributed by atoms with Crippen LogP contribution in [0.3, 0.4) is 0 Å². The molecule has 6 heteroatoms. The van der Waals surface area contributed by atoms with E-state index in [1.165, 1.54) is 11.6 Å². The van der Waals surface area contributed by atoms with Crippen LogP contribution in [-0.2, 0) is 21.2 Å². The molecule has 1 amide bonds. The molecule has 0 spiro atoms. The van der Waals surface area contributed by atoms with E-state index in [9.17, 15) is 13.2 Å². The van der Waals surface area contributed by atoms with Gasteiger partial charge in [0.05, 0.1) is 11.4 Å². The van der Waals surface area contributed by atoms with Crippen molar-refractivity contribution in [2.45, 2.75) is 25.2 Å². The summed E-state index contributed by atoms with van der Waals surface area (Å²) in [7, 11) is -3.70. The van der Waals surface area contributed by atoms with E-state index in [1.54, 1.807) is 37.3 Å². The van der Waals surface area contributed by atoms with Gasteiger partial charge in [0.2, 0.25) is 15.9 Å². The zero-order valence-corrected chi connectivity index (χ0v) is 14.0. The highest BCUT2D eigenvalue weighted by Gasteiger charge is 2.17. The van der Waals surface area contributed by atoms with Crippen LogP contribution in [0.1, 0.15) is 18.1 Å². The van der Waals surface area contributed by atoms with Crippen molar-refractivity contribution >= 4 is 21.6 Å². The zero-order chi connectivity index (χ0) is 16.9. The molecule has 0 aliphatic heterocycles. The number of amides is 1. The fourth-order valence-electron chi connectivity index (χ4n) is 2.13. The van der Waals surface area contributed by atoms with E-state index in [-0.39, 0.29) is 11.4 Å². The molecule has 0 aliphatic rings. The molecule has 5 nitrogen and oxygen atoms in total. The highest BCUT2D eigenvalue weighted by Crippen LogP contribution is 2.13. The Hall–Kier alpha value is -2.18. The van der Waals surface area contributed by atoms with E-state index < -0.39 is 15.9 Å². The van der Waals surface area contributed by atoms with Crippen LogP contribution < -0.4 is 10.0 Å². The summed E-state index contributed by atoms with van der Waals surface area (Å²) in [6.45, 7) is 3.45. The van der Waals surface area contributed by atoms with Gasteiger partial charge in [-0.05, 0) is 42.7 Å². The van der Waals surface area contributed by atoms with Crippen LogP contribution in [0.2, 0.25) is 0 Å². The van der Waals surface area contributed by atoms with Crippen LogP contribution in [0.15, 0.2) is 53.4 Å². The van der Waals surface area contributed by atoms with Gasteiger partial charge < -0.3 is 5.32 Å². The Bertz CT molecular complexity index is 784. The number of rotatable bonds is 6. The second-order valence-corrected chi connectivity index (χ2v) is 6.92. The first-order valence-electron chi connectivity index (χ1n) is 7.36. The monoisotopic (exact) mass is 332 g/mol. The van der Waals surface area contributed by atoms with Crippen molar-refractivity contribution in [1.82, 2.24) is 4.72 Å². The van der Waals surface area contributed by atoms with Gasteiger partial charge in [-0.3, -0.25) is 4.79 Å². The molecule has 2 aromatic rings. The summed E-state index contributed by atoms with van der Waals surface area (Å²) in [5.41, 5.74) is 2.45. The third kappa shape index (κ3) is 4.64. The van der Waals surface area contributed by atoms with Gasteiger partial charge in [-0.1, -0.05) is 37.3 Å². The van der Waals surface area contributed by atoms with Crippen molar-refractivity contribution in [3.63, 3.8) is 0 Å². The summed E-state index contributed by atoms with van der Waals surface area (Å²) < 4.78 is 26.7. The minimum atomic E-state index is -3.70. The van der Waals surface area contributed by atoms with Crippen molar-refractivity contribution in [2.24, 2.45) is 0 Å². The molecule has 122 valence electrons. The van der Waals surface area contributed by atoms with Crippen molar-refractivity contribution in [3.8, 4) is 0 Å². The van der Waals surface area contributed by atoms with Gasteiger partial charge in [-0.25, -0.2) is 13.1 Å². The lowest BCUT2D eigenvalue weighted by Gasteiger charge is -2.10. The van der Waals surface area contributed by atoms with Crippen LogP contribution in [-0.4, -0.2) is 20.9 Å². The van der Waals surface area contributed by atoms with Crippen molar-refractivity contribution in [2.75, 3.05) is 11.9 Å². The second-order valence-electron chi connectivity index (χ2n) is 5.19. The van der Waals surface area contributed by atoms with Crippen LogP contribution in [0.5, 0.6) is 0 Å². The predicted octanol–water partition coefficient (Wildman–Crippen LogP) is 2.47. The molecule has 0 saturated carbocycles. The van der Waals surface area contributed by atoms with Crippen LogP contribution in [0.25, 0.3) is 0 Å². The maximum Gasteiger partial charge on any atom is 0.241 e. The molecule has 2 N–H and O–H groups in total. The SMILES string of the molecule is CCc1ccc(NC(=O)CNS(=O)(=O)c2ccccc2C)cc1. The van der Waals surface area contributed by atoms with Gasteiger partial charge in [0.15, 0.2) is 0 Å². The Balaban J connectivity index is 1.97. The Morgan fingerprint density at radius 2 is 1.70 bits per heavy atom. The quantitative estimate of drug-likeness (QED) is 0.853. The van der Waals surface area contributed by atoms with E-state index in [0.29, 0.717) is 11.3 Å². The lowest BCUT2D eigenvalue weighted by Crippen LogP contribution is -2.33. The van der Waals surface area contributed by atoms with Gasteiger partial charge in [-0.15, -0.1) is 0 Å². The largest absolute Gasteiger partial charge is 0.325 e. The molecule has 0 unspecified atom stereocenters. The van der Waals surface area contributed by atoms with Gasteiger partial charge in [-0.2, -0.15) is 0 Å². The maximum atomic E-state index is 12.2. The fraction of sp³-hybridized carbons (Fsp3) is 0.235. The lowest BCUT2D eigenvalue weighted by atomic mass is 10.1. The van der Waals surface area contributed by atoms with Crippen LogP contribution in [0.4, 0.5) is 5.69 Å². The van der Waals surface area contributed by atoms with Crippen molar-refractivity contribution < 1.29 is 13.2 Å². The normalized spacial score (nSPS) is 11.2. The molecular formula is C17H20N2O3S. The molecule has 0 bridgehead atoms. The van der Waals surface area contributed by atoms with E-state index in [4.69, 9.17) is 0 Å². The molecule has 0 aliphatic carbocycles. The number of hydrogen-bond donors (Lipinski definition) is 2. The average molecular weight is 332 g/mol. The minimum absolute atomic E-state index is 0.181. The third-order valence-corrected chi connectivity index (χ3v) is 5.01. The lowest BCUT2D eigenvalue weighted by molar-refractivity contribution is -0.115. The Morgan fingerprint density at radius 1 is 1.04 bits per heavy atom. The standard InChI is InChI=1S/C17H20N2O3S/c1-3-14-8-10-15(11-9-14)19-17(20)12-18-23(21,22)16-7-5-4-6-13(16)2/h4-11,18H,3,12H2,1-2H3,(H,19,20). The predicted molar refractivity (Wildman–Crippen MR) is 90.8 cm³/mol. The summed E-state index contributed by atoms with van der Waals surface area (Å²) in [4.78, 5) is 12.1. The molecule has 23 heavy (non-hydrogen) atoms. The number of benzene rings is 2. The molecule has 2 aromatic carbocycles. The second kappa shape index (κ2) is 7.39. The van der Waals surface area contributed by atoms with Gasteiger partial charge in [0.25, 0.3) is 0 Å². The number of carbonyl (C=O) groups is 1. The molecule has 0 atom stereocenters. The number of hydrogen-bond acceptors (Lipinski definition) is 3. The summed E-state index contributed by atoms with van der Waals surface area (Å²) in [6, 6.07) is 14.1. The summed E-state index contributed by atoms with van der Waals surface area (Å²) in [6.07, 6.45) is 0.921. The molecule has 2 rings (SSSR count). The molecular weight excluding hydrogens is 312 g/mol. The van der Waals surface area contributed by atoms with E-state index in [0.717, 1.165) is 6.42 Å². The fourth-order valence-corrected chi connectivity index (χ4v) is 3.35. The summed E-state index contributed by atoms with van der Waals surface area (Å²) >= 11 is 0.